The van der Waals surface area contributed by atoms with Gasteiger partial charge in [0.1, 0.15) is 0 Å². The highest BCUT2D eigenvalue weighted by molar-refractivity contribution is 4.59. The van der Waals surface area contributed by atoms with Crippen LogP contribution in [0.4, 0.5) is 0 Å². The number of quaternary nitrogens is 2. The lowest BCUT2D eigenvalue weighted by atomic mass is 10.1. The van der Waals surface area contributed by atoms with Gasteiger partial charge in [0.25, 0.3) is 0 Å². The highest BCUT2D eigenvalue weighted by Crippen LogP contribution is 2.25. The summed E-state index contributed by atoms with van der Waals surface area (Å²) in [7, 11) is 0. The molecule has 0 aliphatic carbocycles. The van der Waals surface area contributed by atoms with Crippen molar-refractivity contribution in [1.82, 2.24) is 0 Å². The molecule has 250 valence electrons. The maximum Gasteiger partial charge on any atom is 0.0788 e. The first-order chi connectivity index (χ1) is 20.7. The van der Waals surface area contributed by atoms with Crippen molar-refractivity contribution in [3.63, 3.8) is 0 Å². The quantitative estimate of drug-likeness (QED) is 0.0556. The molecule has 0 N–H and O–H groups in total. The average molecular weight is 591 g/mol. The summed E-state index contributed by atoms with van der Waals surface area (Å²) in [6.07, 6.45) is 44.4. The first-order valence-corrected chi connectivity index (χ1v) is 20.4. The molecule has 42 heavy (non-hydrogen) atoms. The maximum atomic E-state index is 2.32. The van der Waals surface area contributed by atoms with E-state index in [1.807, 2.05) is 0 Å². The van der Waals surface area contributed by atoms with E-state index < -0.39 is 0 Å². The van der Waals surface area contributed by atoms with Crippen molar-refractivity contribution < 1.29 is 8.97 Å². The number of likely N-dealkylation sites (tertiary alicyclic amines) is 2. The lowest BCUT2D eigenvalue weighted by Crippen LogP contribution is -2.46. The molecule has 0 bridgehead atoms. The van der Waals surface area contributed by atoms with E-state index >= 15 is 0 Å². The van der Waals surface area contributed by atoms with Gasteiger partial charge in [-0.3, -0.25) is 0 Å². The van der Waals surface area contributed by atoms with E-state index in [1.165, 1.54) is 254 Å². The van der Waals surface area contributed by atoms with Crippen molar-refractivity contribution in [1.29, 1.82) is 0 Å². The van der Waals surface area contributed by atoms with E-state index in [9.17, 15) is 0 Å². The topological polar surface area (TPSA) is 0 Å². The minimum atomic E-state index is 1.37. The maximum absolute atomic E-state index is 2.32. The van der Waals surface area contributed by atoms with Crippen LogP contribution in [0.2, 0.25) is 0 Å². The van der Waals surface area contributed by atoms with Crippen molar-refractivity contribution >= 4 is 0 Å². The van der Waals surface area contributed by atoms with Crippen LogP contribution in [0, 0.1) is 0 Å². The molecule has 0 radical (unpaired) electrons. The standard InChI is InChI=1S/C40H82N2/c1-3-5-7-9-11-13-15-17-21-25-33-41(37-29-30-38-41)35-27-23-19-20-24-28-36-42(39-31-32-40-42)34-26-22-18-16-14-12-10-8-6-4-2/h3-40H2,1-2H3/q+2. The van der Waals surface area contributed by atoms with Gasteiger partial charge in [-0.2, -0.15) is 0 Å². The lowest BCUT2D eigenvalue weighted by Gasteiger charge is -2.35. The first-order valence-electron chi connectivity index (χ1n) is 20.4. The largest absolute Gasteiger partial charge is 0.324 e. The number of unbranched alkanes of at least 4 members (excludes halogenated alkanes) is 23. The van der Waals surface area contributed by atoms with Crippen molar-refractivity contribution in [2.45, 2.75) is 206 Å². The highest BCUT2D eigenvalue weighted by Gasteiger charge is 2.31. The molecule has 0 amide bonds. The monoisotopic (exact) mass is 591 g/mol. The van der Waals surface area contributed by atoms with Crippen LogP contribution in [0.3, 0.4) is 0 Å². The summed E-state index contributed by atoms with van der Waals surface area (Å²) in [6.45, 7) is 16.6. The van der Waals surface area contributed by atoms with Gasteiger partial charge in [-0.1, -0.05) is 129 Å². The molecule has 2 rings (SSSR count). The zero-order chi connectivity index (χ0) is 29.9. The zero-order valence-corrected chi connectivity index (χ0v) is 29.8. The fraction of sp³-hybridized carbons (Fsp3) is 1.00. The summed E-state index contributed by atoms with van der Waals surface area (Å²) in [5.74, 6) is 0. The molecule has 0 aromatic heterocycles. The minimum Gasteiger partial charge on any atom is -0.324 e. The molecule has 0 aromatic carbocycles. The Labute approximate surface area is 267 Å². The summed E-state index contributed by atoms with van der Waals surface area (Å²) in [4.78, 5) is 0. The predicted octanol–water partition coefficient (Wildman–Crippen LogP) is 12.4. The van der Waals surface area contributed by atoms with Gasteiger partial charge in [-0.15, -0.1) is 0 Å². The van der Waals surface area contributed by atoms with E-state index in [2.05, 4.69) is 13.8 Å². The van der Waals surface area contributed by atoms with Crippen LogP contribution in [0.25, 0.3) is 0 Å². The molecule has 2 fully saturated rings. The second-order valence-electron chi connectivity index (χ2n) is 15.4. The minimum absolute atomic E-state index is 1.37. The first kappa shape index (κ1) is 38.1. The normalized spacial score (nSPS) is 17.9. The summed E-state index contributed by atoms with van der Waals surface area (Å²) in [5.41, 5.74) is 0. The molecule has 0 spiro atoms. The summed E-state index contributed by atoms with van der Waals surface area (Å²) < 4.78 is 2.99. The molecule has 0 unspecified atom stereocenters. The molecular formula is C40H82N2+2. The van der Waals surface area contributed by atoms with Crippen LogP contribution in [0.5, 0.6) is 0 Å². The third-order valence-corrected chi connectivity index (χ3v) is 11.5. The van der Waals surface area contributed by atoms with E-state index in [0.717, 1.165) is 0 Å². The summed E-state index contributed by atoms with van der Waals surface area (Å²) in [6, 6.07) is 0. The molecule has 0 aromatic rings. The van der Waals surface area contributed by atoms with Crippen LogP contribution in [0.15, 0.2) is 0 Å². The molecule has 2 nitrogen and oxygen atoms in total. The van der Waals surface area contributed by atoms with Gasteiger partial charge in [0.05, 0.1) is 52.4 Å². The number of nitrogens with zero attached hydrogens (tertiary/aromatic N) is 2. The lowest BCUT2D eigenvalue weighted by molar-refractivity contribution is -0.917. The number of hydrogen-bond donors (Lipinski definition) is 0. The second-order valence-corrected chi connectivity index (χ2v) is 15.4. The third-order valence-electron chi connectivity index (χ3n) is 11.5. The Balaban J connectivity index is 1.44. The Bertz CT molecular complexity index is 510. The Hall–Kier alpha value is -0.0800. The molecule has 0 saturated carbocycles. The van der Waals surface area contributed by atoms with Gasteiger partial charge in [-0.25, -0.2) is 0 Å². The highest BCUT2D eigenvalue weighted by atomic mass is 15.4. The Kier molecular flexibility index (Phi) is 23.7. The van der Waals surface area contributed by atoms with Crippen molar-refractivity contribution in [2.75, 3.05) is 52.4 Å². The van der Waals surface area contributed by atoms with E-state index in [-0.39, 0.29) is 0 Å². The number of hydrogen-bond acceptors (Lipinski definition) is 0. The smallest absolute Gasteiger partial charge is 0.0788 e. The fourth-order valence-corrected chi connectivity index (χ4v) is 8.60. The fourth-order valence-electron chi connectivity index (χ4n) is 8.60. The second kappa shape index (κ2) is 26.2. The molecule has 2 aliphatic rings. The molecule has 2 heteroatoms. The SMILES string of the molecule is CCCCCCCCCCCC[N+]1(CCCCCCCC[N+]2(CCCCCCCCCCCC)CCCC2)CCCC1. The van der Waals surface area contributed by atoms with E-state index in [1.54, 1.807) is 0 Å². The average Bonchev–Trinajstić information content (AvgIpc) is 3.67. The van der Waals surface area contributed by atoms with Gasteiger partial charge in [0.15, 0.2) is 0 Å². The molecule has 2 heterocycles. The van der Waals surface area contributed by atoms with Crippen LogP contribution in [-0.2, 0) is 0 Å². The Morgan fingerprint density at radius 3 is 0.667 bits per heavy atom. The number of rotatable bonds is 31. The Morgan fingerprint density at radius 2 is 0.452 bits per heavy atom. The van der Waals surface area contributed by atoms with Crippen LogP contribution in [0.1, 0.15) is 206 Å². The van der Waals surface area contributed by atoms with Crippen molar-refractivity contribution in [3.05, 3.63) is 0 Å². The third kappa shape index (κ3) is 18.7. The summed E-state index contributed by atoms with van der Waals surface area (Å²) >= 11 is 0. The molecule has 0 atom stereocenters. The van der Waals surface area contributed by atoms with Gasteiger partial charge in [0, 0.05) is 25.7 Å². The van der Waals surface area contributed by atoms with Gasteiger partial charge < -0.3 is 8.97 Å². The Morgan fingerprint density at radius 1 is 0.262 bits per heavy atom. The summed E-state index contributed by atoms with van der Waals surface area (Å²) in [5, 5.41) is 0. The molecule has 2 aliphatic heterocycles. The predicted molar refractivity (Wildman–Crippen MR) is 189 cm³/mol. The van der Waals surface area contributed by atoms with E-state index in [4.69, 9.17) is 0 Å². The van der Waals surface area contributed by atoms with Gasteiger partial charge in [0.2, 0.25) is 0 Å². The van der Waals surface area contributed by atoms with Crippen LogP contribution < -0.4 is 0 Å². The molecular weight excluding hydrogens is 508 g/mol. The molecule has 2 saturated heterocycles. The van der Waals surface area contributed by atoms with E-state index in [0.29, 0.717) is 0 Å². The van der Waals surface area contributed by atoms with Crippen molar-refractivity contribution in [2.24, 2.45) is 0 Å². The zero-order valence-electron chi connectivity index (χ0n) is 29.8. The van der Waals surface area contributed by atoms with Crippen LogP contribution in [-0.4, -0.2) is 61.3 Å². The van der Waals surface area contributed by atoms with Crippen LogP contribution >= 0.6 is 0 Å². The van der Waals surface area contributed by atoms with Crippen molar-refractivity contribution in [3.8, 4) is 0 Å². The van der Waals surface area contributed by atoms with Gasteiger partial charge >= 0.3 is 0 Å². The van der Waals surface area contributed by atoms with Gasteiger partial charge in [-0.05, 0) is 51.4 Å².